The van der Waals surface area contributed by atoms with E-state index in [4.69, 9.17) is 9.47 Å². The summed E-state index contributed by atoms with van der Waals surface area (Å²) in [6.45, 7) is 0. The average Bonchev–Trinajstić information content (AvgIpc) is 3.13. The summed E-state index contributed by atoms with van der Waals surface area (Å²) in [5.74, 6) is 1.24. The first-order valence-corrected chi connectivity index (χ1v) is 10.0. The van der Waals surface area contributed by atoms with Gasteiger partial charge in [0.05, 0.1) is 31.0 Å². The molecule has 7 heteroatoms. The summed E-state index contributed by atoms with van der Waals surface area (Å²) in [6, 6.07) is 16.7. The second-order valence-electron chi connectivity index (χ2n) is 7.61. The predicted molar refractivity (Wildman–Crippen MR) is 117 cm³/mol. The highest BCUT2D eigenvalue weighted by Crippen LogP contribution is 2.37. The van der Waals surface area contributed by atoms with E-state index in [0.29, 0.717) is 46.6 Å². The van der Waals surface area contributed by atoms with Crippen LogP contribution in [0.25, 0.3) is 16.7 Å². The van der Waals surface area contributed by atoms with Crippen LogP contribution in [0.15, 0.2) is 59.4 Å². The first-order chi connectivity index (χ1) is 15.1. The lowest BCUT2D eigenvalue weighted by Gasteiger charge is -2.23. The van der Waals surface area contributed by atoms with Crippen LogP contribution < -0.4 is 15.0 Å². The number of nitrogens with zero attached hydrogens (tertiary/aromatic N) is 2. The summed E-state index contributed by atoms with van der Waals surface area (Å²) in [5, 5.41) is 3.50. The molecule has 7 nitrogen and oxygen atoms in total. The van der Waals surface area contributed by atoms with E-state index in [0.717, 1.165) is 11.3 Å². The Morgan fingerprint density at radius 1 is 0.968 bits per heavy atom. The van der Waals surface area contributed by atoms with E-state index < -0.39 is 0 Å². The SMILES string of the molecule is COc1ccc([C@@H]2CC(=O)c3cc4c(=O)n(-c5ccccc5)[nH]c4nc3C2)cc1OC. The number of ether oxygens (including phenoxy) is 2. The highest BCUT2D eigenvalue weighted by molar-refractivity contribution is 6.01. The second kappa shape index (κ2) is 7.43. The molecule has 156 valence electrons. The molecule has 31 heavy (non-hydrogen) atoms. The van der Waals surface area contributed by atoms with Crippen LogP contribution in [0.5, 0.6) is 11.5 Å². The molecule has 0 amide bonds. The minimum atomic E-state index is -0.216. The van der Waals surface area contributed by atoms with Gasteiger partial charge in [0.15, 0.2) is 22.9 Å². The van der Waals surface area contributed by atoms with Gasteiger partial charge >= 0.3 is 0 Å². The molecule has 0 radical (unpaired) electrons. The second-order valence-corrected chi connectivity index (χ2v) is 7.61. The number of rotatable bonds is 4. The van der Waals surface area contributed by atoms with E-state index in [2.05, 4.69) is 10.1 Å². The molecule has 0 bridgehead atoms. The van der Waals surface area contributed by atoms with Gasteiger partial charge < -0.3 is 9.47 Å². The van der Waals surface area contributed by atoms with Gasteiger partial charge in [-0.15, -0.1) is 0 Å². The van der Waals surface area contributed by atoms with Crippen molar-refractivity contribution < 1.29 is 14.3 Å². The number of Topliss-reactive ketones (excluding diaryl/α,β-unsaturated/α-hetero) is 1. The quantitative estimate of drug-likeness (QED) is 0.550. The fourth-order valence-electron chi connectivity index (χ4n) is 4.21. The molecular formula is C24H21N3O4. The Labute approximate surface area is 178 Å². The molecule has 2 aromatic heterocycles. The van der Waals surface area contributed by atoms with Crippen LogP contribution in [-0.2, 0) is 6.42 Å². The van der Waals surface area contributed by atoms with E-state index in [1.54, 1.807) is 20.3 Å². The summed E-state index contributed by atoms with van der Waals surface area (Å²) in [4.78, 5) is 30.5. The third kappa shape index (κ3) is 3.18. The molecule has 1 atom stereocenters. The van der Waals surface area contributed by atoms with Crippen molar-refractivity contribution in [1.82, 2.24) is 14.8 Å². The highest BCUT2D eigenvalue weighted by atomic mass is 16.5. The molecule has 0 fully saturated rings. The zero-order chi connectivity index (χ0) is 21.5. The number of aromatic nitrogens is 3. The normalized spacial score (nSPS) is 15.7. The Morgan fingerprint density at radius 2 is 1.74 bits per heavy atom. The monoisotopic (exact) mass is 415 g/mol. The number of fused-ring (bicyclic) bond motifs is 2. The minimum absolute atomic E-state index is 0.0118. The number of benzene rings is 2. The van der Waals surface area contributed by atoms with Crippen LogP contribution in [-0.4, -0.2) is 34.8 Å². The third-order valence-electron chi connectivity index (χ3n) is 5.82. The van der Waals surface area contributed by atoms with Crippen molar-refractivity contribution in [2.24, 2.45) is 0 Å². The Bertz CT molecular complexity index is 1350. The first kappa shape index (κ1) is 19.1. The Hall–Kier alpha value is -3.87. The number of ketones is 1. The maximum absolute atomic E-state index is 13.0. The van der Waals surface area contributed by atoms with E-state index >= 15 is 0 Å². The van der Waals surface area contributed by atoms with Crippen LogP contribution in [0, 0.1) is 0 Å². The largest absolute Gasteiger partial charge is 0.493 e. The minimum Gasteiger partial charge on any atom is -0.493 e. The Morgan fingerprint density at radius 3 is 2.48 bits per heavy atom. The van der Waals surface area contributed by atoms with Crippen molar-refractivity contribution in [3.8, 4) is 17.2 Å². The molecule has 2 aromatic carbocycles. The number of nitrogens with one attached hydrogen (secondary N) is 1. The number of carbonyl (C=O) groups is 1. The van der Waals surface area contributed by atoms with Gasteiger partial charge in [-0.3, -0.25) is 14.7 Å². The molecule has 0 unspecified atom stereocenters. The van der Waals surface area contributed by atoms with Crippen molar-refractivity contribution in [3.63, 3.8) is 0 Å². The van der Waals surface area contributed by atoms with Crippen molar-refractivity contribution in [1.29, 1.82) is 0 Å². The standard InChI is InChI=1S/C24H21N3O4/c1-30-21-9-8-14(12-22(21)31-2)15-10-19-17(20(28)11-15)13-18-23(25-19)26-27(24(18)29)16-6-4-3-5-7-16/h3-9,12-13,15H,10-11H2,1-2H3,(H,25,26)/t15-/m0/s1. The number of para-hydroxylation sites is 1. The maximum Gasteiger partial charge on any atom is 0.280 e. The van der Waals surface area contributed by atoms with Crippen molar-refractivity contribution in [2.75, 3.05) is 14.2 Å². The van der Waals surface area contributed by atoms with Crippen LogP contribution in [0.2, 0.25) is 0 Å². The summed E-state index contributed by atoms with van der Waals surface area (Å²) in [6.07, 6.45) is 0.956. The molecule has 2 heterocycles. The molecule has 0 saturated carbocycles. The number of methoxy groups -OCH3 is 2. The lowest BCUT2D eigenvalue weighted by atomic mass is 9.81. The van der Waals surface area contributed by atoms with Gasteiger partial charge in [0.25, 0.3) is 5.56 Å². The Balaban J connectivity index is 1.56. The smallest absolute Gasteiger partial charge is 0.280 e. The molecule has 0 spiro atoms. The summed E-state index contributed by atoms with van der Waals surface area (Å²) in [5.41, 5.74) is 3.21. The van der Waals surface area contributed by atoms with E-state index in [1.165, 1.54) is 4.68 Å². The number of hydrogen-bond donors (Lipinski definition) is 1. The number of pyridine rings is 1. The molecule has 0 aliphatic heterocycles. The predicted octanol–water partition coefficient (Wildman–Crippen LogP) is 3.64. The molecule has 4 aromatic rings. The van der Waals surface area contributed by atoms with E-state index in [9.17, 15) is 9.59 Å². The van der Waals surface area contributed by atoms with Gasteiger partial charge in [0, 0.05) is 12.0 Å². The number of aromatic amines is 1. The number of H-pyrrole nitrogens is 1. The van der Waals surface area contributed by atoms with Gasteiger partial charge in [0.2, 0.25) is 0 Å². The van der Waals surface area contributed by atoms with Crippen molar-refractivity contribution >= 4 is 16.8 Å². The molecule has 5 rings (SSSR count). The topological polar surface area (TPSA) is 86.2 Å². The summed E-state index contributed by atoms with van der Waals surface area (Å²) >= 11 is 0. The van der Waals surface area contributed by atoms with Gasteiger partial charge in [-0.2, -0.15) is 0 Å². The molecule has 0 saturated heterocycles. The van der Waals surface area contributed by atoms with E-state index in [-0.39, 0.29) is 17.3 Å². The molecule has 1 N–H and O–H groups in total. The van der Waals surface area contributed by atoms with Crippen LogP contribution >= 0.6 is 0 Å². The third-order valence-corrected chi connectivity index (χ3v) is 5.82. The van der Waals surface area contributed by atoms with E-state index in [1.807, 2.05) is 48.5 Å². The van der Waals surface area contributed by atoms with Gasteiger partial charge in [-0.25, -0.2) is 9.67 Å². The van der Waals surface area contributed by atoms with Crippen LogP contribution in [0.1, 0.15) is 34.0 Å². The van der Waals surface area contributed by atoms with Crippen molar-refractivity contribution in [2.45, 2.75) is 18.8 Å². The highest BCUT2D eigenvalue weighted by Gasteiger charge is 2.29. The Kier molecular flexibility index (Phi) is 4.58. The first-order valence-electron chi connectivity index (χ1n) is 10.0. The molecular weight excluding hydrogens is 394 g/mol. The summed E-state index contributed by atoms with van der Waals surface area (Å²) in [7, 11) is 3.18. The van der Waals surface area contributed by atoms with Gasteiger partial charge in [-0.05, 0) is 48.2 Å². The van der Waals surface area contributed by atoms with Crippen molar-refractivity contribution in [3.05, 3.63) is 81.8 Å². The fraction of sp³-hybridized carbons (Fsp3) is 0.208. The van der Waals surface area contributed by atoms with Crippen LogP contribution in [0.3, 0.4) is 0 Å². The molecule has 1 aliphatic carbocycles. The van der Waals surface area contributed by atoms with Gasteiger partial charge in [-0.1, -0.05) is 24.3 Å². The zero-order valence-corrected chi connectivity index (χ0v) is 17.2. The zero-order valence-electron chi connectivity index (χ0n) is 17.2. The number of carbonyl (C=O) groups excluding carboxylic acids is 1. The lowest BCUT2D eigenvalue weighted by molar-refractivity contribution is 0.0963. The average molecular weight is 415 g/mol. The summed E-state index contributed by atoms with van der Waals surface area (Å²) < 4.78 is 12.2. The fourth-order valence-corrected chi connectivity index (χ4v) is 4.21. The van der Waals surface area contributed by atoms with Crippen LogP contribution in [0.4, 0.5) is 0 Å². The molecule has 1 aliphatic rings. The maximum atomic E-state index is 13.0. The number of hydrogen-bond acceptors (Lipinski definition) is 5. The lowest BCUT2D eigenvalue weighted by Crippen LogP contribution is -2.20. The van der Waals surface area contributed by atoms with Gasteiger partial charge in [0.1, 0.15) is 0 Å².